The van der Waals surface area contributed by atoms with Crippen molar-refractivity contribution in [3.05, 3.63) is 95.1 Å². The number of fused-ring (bicyclic) bond motifs is 2. The van der Waals surface area contributed by atoms with E-state index in [1.807, 2.05) is 0 Å². The van der Waals surface area contributed by atoms with Crippen LogP contribution in [-0.2, 0) is 7.05 Å². The first-order chi connectivity index (χ1) is 14.5. The van der Waals surface area contributed by atoms with Gasteiger partial charge < -0.3 is 4.57 Å². The maximum Gasteiger partial charge on any atom is 0.230 e. The molecule has 0 atom stereocenters. The quantitative estimate of drug-likeness (QED) is 0.303. The Hall–Kier alpha value is -3.39. The third kappa shape index (κ3) is 2.68. The zero-order chi connectivity index (χ0) is 21.0. The van der Waals surface area contributed by atoms with E-state index < -0.39 is 0 Å². The van der Waals surface area contributed by atoms with E-state index in [9.17, 15) is 0 Å². The molecule has 0 unspecified atom stereocenters. The van der Waals surface area contributed by atoms with Crippen LogP contribution in [0.3, 0.4) is 0 Å². The molecule has 0 saturated heterocycles. The van der Waals surface area contributed by atoms with Gasteiger partial charge >= 0.3 is 0 Å². The summed E-state index contributed by atoms with van der Waals surface area (Å²) in [4.78, 5) is 0. The number of hydrogen-bond donors (Lipinski definition) is 0. The van der Waals surface area contributed by atoms with E-state index in [4.69, 9.17) is 0 Å². The van der Waals surface area contributed by atoms with Crippen LogP contribution < -0.4 is 4.57 Å². The van der Waals surface area contributed by atoms with Crippen molar-refractivity contribution in [1.29, 1.82) is 0 Å². The summed E-state index contributed by atoms with van der Waals surface area (Å²) >= 11 is 0. The second kappa shape index (κ2) is 6.84. The van der Waals surface area contributed by atoms with Crippen LogP contribution in [0.4, 0.5) is 0 Å². The highest BCUT2D eigenvalue weighted by atomic mass is 15.0. The fourth-order valence-electron chi connectivity index (χ4n) is 5.05. The third-order valence-electron chi connectivity index (χ3n) is 6.31. The Bertz CT molecular complexity index is 1410. The molecule has 2 heterocycles. The van der Waals surface area contributed by atoms with Crippen molar-refractivity contribution in [2.45, 2.75) is 27.7 Å². The lowest BCUT2D eigenvalue weighted by molar-refractivity contribution is -0.633. The Morgan fingerprint density at radius 3 is 2.17 bits per heavy atom. The average Bonchev–Trinajstić information content (AvgIpc) is 3.01. The minimum atomic E-state index is 1.22. The summed E-state index contributed by atoms with van der Waals surface area (Å²) in [6.07, 6.45) is 0. The second-order valence-corrected chi connectivity index (χ2v) is 8.41. The van der Waals surface area contributed by atoms with Gasteiger partial charge in [-0.25, -0.2) is 0 Å². The van der Waals surface area contributed by atoms with Crippen molar-refractivity contribution < 1.29 is 4.57 Å². The van der Waals surface area contributed by atoms with E-state index >= 15 is 0 Å². The van der Waals surface area contributed by atoms with E-state index in [1.165, 1.54) is 61.1 Å². The van der Waals surface area contributed by atoms with Crippen molar-refractivity contribution in [3.8, 4) is 17.1 Å². The molecule has 0 saturated carbocycles. The molecule has 5 rings (SSSR count). The molecule has 148 valence electrons. The molecule has 0 radical (unpaired) electrons. The van der Waals surface area contributed by atoms with Crippen LogP contribution in [0.25, 0.3) is 38.9 Å². The summed E-state index contributed by atoms with van der Waals surface area (Å²) in [6.45, 7) is 8.88. The van der Waals surface area contributed by atoms with E-state index in [2.05, 4.69) is 117 Å². The molecule has 30 heavy (non-hydrogen) atoms. The lowest BCUT2D eigenvalue weighted by Crippen LogP contribution is -2.32. The highest BCUT2D eigenvalue weighted by molar-refractivity contribution is 5.93. The van der Waals surface area contributed by atoms with Crippen LogP contribution in [0, 0.1) is 27.7 Å². The summed E-state index contributed by atoms with van der Waals surface area (Å²) in [5, 5.41) is 2.56. The SMILES string of the molecule is Cc1cc(C)c(-n2c(-c3ccc4ccccc4[n+]3C)c(C)c3ccccc32)c(C)c1. The minimum Gasteiger partial charge on any atom is -0.303 e. The topological polar surface area (TPSA) is 8.81 Å². The van der Waals surface area contributed by atoms with Crippen LogP contribution in [0.1, 0.15) is 22.3 Å². The number of benzene rings is 3. The second-order valence-electron chi connectivity index (χ2n) is 8.41. The van der Waals surface area contributed by atoms with Gasteiger partial charge in [-0.3, -0.25) is 0 Å². The molecule has 0 aliphatic rings. The Kier molecular flexibility index (Phi) is 4.25. The highest BCUT2D eigenvalue weighted by Crippen LogP contribution is 2.37. The fraction of sp³-hybridized carbons (Fsp3) is 0.179. The molecule has 5 aromatic rings. The number of para-hydroxylation sites is 2. The predicted molar refractivity (Wildman–Crippen MR) is 126 cm³/mol. The molecular formula is C28H27N2+. The van der Waals surface area contributed by atoms with Gasteiger partial charge in [-0.2, -0.15) is 4.57 Å². The van der Waals surface area contributed by atoms with Crippen molar-refractivity contribution in [3.63, 3.8) is 0 Å². The van der Waals surface area contributed by atoms with Gasteiger partial charge in [0.1, 0.15) is 12.7 Å². The molecule has 0 bridgehead atoms. The Morgan fingerprint density at radius 1 is 0.733 bits per heavy atom. The van der Waals surface area contributed by atoms with Crippen LogP contribution in [-0.4, -0.2) is 4.57 Å². The van der Waals surface area contributed by atoms with E-state index in [1.54, 1.807) is 0 Å². The van der Waals surface area contributed by atoms with Crippen LogP contribution in [0.5, 0.6) is 0 Å². The zero-order valence-electron chi connectivity index (χ0n) is 18.3. The van der Waals surface area contributed by atoms with Gasteiger partial charge in [0.25, 0.3) is 0 Å². The number of rotatable bonds is 2. The first-order valence-corrected chi connectivity index (χ1v) is 10.5. The molecule has 0 amide bonds. The molecule has 3 aromatic carbocycles. The maximum absolute atomic E-state index is 2.47. The first kappa shape index (κ1) is 18.6. The summed E-state index contributed by atoms with van der Waals surface area (Å²) in [7, 11) is 2.17. The van der Waals surface area contributed by atoms with Crippen LogP contribution in [0.15, 0.2) is 72.8 Å². The highest BCUT2D eigenvalue weighted by Gasteiger charge is 2.25. The van der Waals surface area contributed by atoms with Crippen molar-refractivity contribution in [2.24, 2.45) is 7.05 Å². The average molecular weight is 392 g/mol. The summed E-state index contributed by atoms with van der Waals surface area (Å²) in [5.41, 5.74) is 11.5. The van der Waals surface area contributed by atoms with Gasteiger partial charge in [0, 0.05) is 22.9 Å². The molecule has 0 aliphatic heterocycles. The summed E-state index contributed by atoms with van der Waals surface area (Å²) < 4.78 is 4.80. The van der Waals surface area contributed by atoms with Gasteiger partial charge in [0.2, 0.25) is 11.2 Å². The van der Waals surface area contributed by atoms with E-state index in [0.717, 1.165) is 0 Å². The first-order valence-electron chi connectivity index (χ1n) is 10.5. The molecule has 2 aromatic heterocycles. The molecule has 2 nitrogen and oxygen atoms in total. The van der Waals surface area contributed by atoms with Crippen LogP contribution >= 0.6 is 0 Å². The van der Waals surface area contributed by atoms with Crippen molar-refractivity contribution >= 4 is 21.8 Å². The standard InChI is InChI=1S/C28H27N2/c1-18-16-19(2)27(20(3)17-18)30-25-13-9-7-11-23(25)21(4)28(30)26-15-14-22-10-6-8-12-24(22)29(26)5/h6-17H,1-5H3/q+1. The van der Waals surface area contributed by atoms with Gasteiger partial charge in [0.05, 0.1) is 11.2 Å². The number of pyridine rings is 1. The predicted octanol–water partition coefficient (Wildman–Crippen LogP) is 6.51. The molecule has 2 heteroatoms. The Morgan fingerprint density at radius 2 is 1.40 bits per heavy atom. The molecule has 0 fully saturated rings. The number of aromatic nitrogens is 2. The van der Waals surface area contributed by atoms with E-state index in [-0.39, 0.29) is 0 Å². The molecular weight excluding hydrogens is 364 g/mol. The Balaban J connectivity index is 1.95. The maximum atomic E-state index is 2.47. The Labute approximate surface area is 178 Å². The minimum absolute atomic E-state index is 1.22. The third-order valence-corrected chi connectivity index (χ3v) is 6.31. The van der Waals surface area contributed by atoms with Crippen molar-refractivity contribution in [1.82, 2.24) is 4.57 Å². The number of nitrogens with zero attached hydrogens (tertiary/aromatic N) is 2. The molecule has 0 aliphatic carbocycles. The smallest absolute Gasteiger partial charge is 0.230 e. The zero-order valence-corrected chi connectivity index (χ0v) is 18.3. The summed E-state index contributed by atoms with van der Waals surface area (Å²) in [5.74, 6) is 0. The normalized spacial score (nSPS) is 11.5. The fourth-order valence-corrected chi connectivity index (χ4v) is 5.05. The molecule has 0 spiro atoms. The van der Waals surface area contributed by atoms with Crippen molar-refractivity contribution in [2.75, 3.05) is 0 Å². The van der Waals surface area contributed by atoms with E-state index in [0.29, 0.717) is 0 Å². The van der Waals surface area contributed by atoms with Gasteiger partial charge in [-0.15, -0.1) is 0 Å². The lowest BCUT2D eigenvalue weighted by atomic mass is 10.0. The number of hydrogen-bond acceptors (Lipinski definition) is 0. The largest absolute Gasteiger partial charge is 0.303 e. The van der Waals surface area contributed by atoms with Gasteiger partial charge in [0.15, 0.2) is 0 Å². The number of aryl methyl sites for hydroxylation is 5. The lowest BCUT2D eigenvalue weighted by Gasteiger charge is -2.17. The van der Waals surface area contributed by atoms with Crippen LogP contribution in [0.2, 0.25) is 0 Å². The monoisotopic (exact) mass is 391 g/mol. The van der Waals surface area contributed by atoms with Gasteiger partial charge in [-0.1, -0.05) is 48.0 Å². The summed E-state index contributed by atoms with van der Waals surface area (Å²) in [6, 6.07) is 26.4. The van der Waals surface area contributed by atoms with Gasteiger partial charge in [-0.05, 0) is 62.6 Å². The molecule has 0 N–H and O–H groups in total.